The largest absolute Gasteiger partial charge is 0.290 e. The van der Waals surface area contributed by atoms with Crippen LogP contribution in [0.25, 0.3) is 0 Å². The van der Waals surface area contributed by atoms with Crippen LogP contribution in [-0.2, 0) is 12.3 Å². The minimum absolute atomic E-state index is 0.0411. The Bertz CT molecular complexity index is 382. The number of aromatic nitrogens is 2. The van der Waals surface area contributed by atoms with E-state index in [1.165, 1.54) is 0 Å². The van der Waals surface area contributed by atoms with Gasteiger partial charge in [0.05, 0.1) is 0 Å². The second kappa shape index (κ2) is 3.28. The average Bonchev–Trinajstić information content (AvgIpc) is 2.06. The maximum Gasteiger partial charge on any atom is 0.290 e. The fourth-order valence-electron chi connectivity index (χ4n) is 1.56. The van der Waals surface area contributed by atoms with Gasteiger partial charge in [-0.1, -0.05) is 11.6 Å². The Kier molecular flexibility index (Phi) is 2.35. The van der Waals surface area contributed by atoms with E-state index in [1.54, 1.807) is 0 Å². The normalized spacial score (nSPS) is 19.1. The van der Waals surface area contributed by atoms with Crippen molar-refractivity contribution in [1.82, 2.24) is 9.97 Å². The molecule has 0 radical (unpaired) electrons. The predicted octanol–water partition coefficient (Wildman–Crippen LogP) is 3.21. The van der Waals surface area contributed by atoms with Crippen LogP contribution in [-0.4, -0.2) is 9.97 Å². The molecule has 14 heavy (non-hydrogen) atoms. The average molecular weight is 239 g/mol. The number of hydrogen-bond donors (Lipinski definition) is 0. The molecular weight excluding hydrogens is 233 g/mol. The summed E-state index contributed by atoms with van der Waals surface area (Å²) in [5.41, 5.74) is 0.0149. The van der Waals surface area contributed by atoms with E-state index in [4.69, 9.17) is 23.2 Å². The predicted molar refractivity (Wildman–Crippen MR) is 48.9 cm³/mol. The molecule has 1 aliphatic carbocycles. The standard InChI is InChI=1S/C8H6Cl2F2N2/c9-6-4-2-1-3-8(11,12)5(4)13-7(10)14-6/h1-3H2. The third-order valence-corrected chi connectivity index (χ3v) is 2.68. The zero-order chi connectivity index (χ0) is 10.3. The van der Waals surface area contributed by atoms with Crippen LogP contribution >= 0.6 is 23.2 Å². The minimum Gasteiger partial charge on any atom is -0.216 e. The van der Waals surface area contributed by atoms with Crippen LogP contribution in [0, 0.1) is 0 Å². The van der Waals surface area contributed by atoms with Gasteiger partial charge in [-0.3, -0.25) is 0 Å². The van der Waals surface area contributed by atoms with Gasteiger partial charge < -0.3 is 0 Å². The first-order chi connectivity index (χ1) is 6.50. The highest BCUT2D eigenvalue weighted by atomic mass is 35.5. The van der Waals surface area contributed by atoms with Crippen molar-refractivity contribution >= 4 is 23.2 Å². The van der Waals surface area contributed by atoms with Crippen molar-refractivity contribution in [3.8, 4) is 0 Å². The van der Waals surface area contributed by atoms with Crippen LogP contribution in [0.5, 0.6) is 0 Å². The van der Waals surface area contributed by atoms with Crippen LogP contribution in [0.2, 0.25) is 10.4 Å². The molecule has 0 unspecified atom stereocenters. The van der Waals surface area contributed by atoms with E-state index >= 15 is 0 Å². The second-order valence-corrected chi connectivity index (χ2v) is 3.86. The highest BCUT2D eigenvalue weighted by Gasteiger charge is 2.39. The molecular formula is C8H6Cl2F2N2. The first kappa shape index (κ1) is 10.1. The molecule has 0 N–H and O–H groups in total. The molecule has 0 saturated heterocycles. The highest BCUT2D eigenvalue weighted by molar-refractivity contribution is 6.32. The van der Waals surface area contributed by atoms with Crippen LogP contribution < -0.4 is 0 Å². The first-order valence-electron chi connectivity index (χ1n) is 4.11. The summed E-state index contributed by atoms with van der Waals surface area (Å²) in [7, 11) is 0. The summed E-state index contributed by atoms with van der Waals surface area (Å²) in [6.45, 7) is 0. The number of alkyl halides is 2. The lowest BCUT2D eigenvalue weighted by atomic mass is 9.94. The number of fused-ring (bicyclic) bond motifs is 1. The van der Waals surface area contributed by atoms with Gasteiger partial charge in [-0.05, 0) is 24.4 Å². The SMILES string of the molecule is FC1(F)CCCc2c(Cl)nc(Cl)nc21. The van der Waals surface area contributed by atoms with Crippen LogP contribution in [0.3, 0.4) is 0 Å². The van der Waals surface area contributed by atoms with E-state index in [-0.39, 0.29) is 22.6 Å². The summed E-state index contributed by atoms with van der Waals surface area (Å²) >= 11 is 11.2. The van der Waals surface area contributed by atoms with Gasteiger partial charge in [-0.15, -0.1) is 0 Å². The van der Waals surface area contributed by atoms with E-state index in [2.05, 4.69) is 9.97 Å². The molecule has 0 saturated carbocycles. The summed E-state index contributed by atoms with van der Waals surface area (Å²) in [5, 5.41) is -0.185. The van der Waals surface area contributed by atoms with Gasteiger partial charge in [0.15, 0.2) is 0 Å². The molecule has 0 amide bonds. The van der Waals surface area contributed by atoms with Gasteiger partial charge >= 0.3 is 0 Å². The van der Waals surface area contributed by atoms with E-state index in [0.29, 0.717) is 18.4 Å². The molecule has 76 valence electrons. The Balaban J connectivity index is 2.63. The van der Waals surface area contributed by atoms with E-state index in [0.717, 1.165) is 0 Å². The lowest BCUT2D eigenvalue weighted by Gasteiger charge is -2.24. The zero-order valence-corrected chi connectivity index (χ0v) is 8.54. The summed E-state index contributed by atoms with van der Waals surface area (Å²) in [6.07, 6.45) is 0.676. The molecule has 0 aromatic carbocycles. The van der Waals surface area contributed by atoms with Crippen molar-refractivity contribution in [3.63, 3.8) is 0 Å². The van der Waals surface area contributed by atoms with Gasteiger partial charge in [0, 0.05) is 12.0 Å². The second-order valence-electron chi connectivity index (χ2n) is 3.17. The van der Waals surface area contributed by atoms with Gasteiger partial charge in [-0.2, -0.15) is 8.78 Å². The fraction of sp³-hybridized carbons (Fsp3) is 0.500. The molecule has 2 rings (SSSR count). The van der Waals surface area contributed by atoms with E-state index in [1.807, 2.05) is 0 Å². The molecule has 0 bridgehead atoms. The highest BCUT2D eigenvalue weighted by Crippen LogP contribution is 2.40. The maximum atomic E-state index is 13.3. The number of halogens is 4. The monoisotopic (exact) mass is 238 g/mol. The van der Waals surface area contributed by atoms with E-state index < -0.39 is 5.92 Å². The smallest absolute Gasteiger partial charge is 0.216 e. The summed E-state index contributed by atoms with van der Waals surface area (Å²) in [4.78, 5) is 7.19. The molecule has 0 aliphatic heterocycles. The van der Waals surface area contributed by atoms with E-state index in [9.17, 15) is 8.78 Å². The quantitative estimate of drug-likeness (QED) is 0.513. The molecule has 0 spiro atoms. The van der Waals surface area contributed by atoms with Crippen LogP contribution in [0.1, 0.15) is 24.1 Å². The van der Waals surface area contributed by atoms with Crippen LogP contribution in [0.15, 0.2) is 0 Å². The summed E-state index contributed by atoms with van der Waals surface area (Å²) in [6, 6.07) is 0. The van der Waals surface area contributed by atoms with Crippen LogP contribution in [0.4, 0.5) is 8.78 Å². The number of nitrogens with zero attached hydrogens (tertiary/aromatic N) is 2. The Labute approximate surface area is 89.3 Å². The minimum atomic E-state index is -2.93. The number of hydrogen-bond acceptors (Lipinski definition) is 2. The third-order valence-electron chi connectivity index (χ3n) is 2.19. The van der Waals surface area contributed by atoms with Gasteiger partial charge in [0.2, 0.25) is 5.28 Å². The Hall–Kier alpha value is -0.480. The fourth-order valence-corrected chi connectivity index (χ4v) is 2.04. The molecule has 1 aromatic heterocycles. The maximum absolute atomic E-state index is 13.3. The van der Waals surface area contributed by atoms with Crippen molar-refractivity contribution < 1.29 is 8.78 Å². The topological polar surface area (TPSA) is 25.8 Å². The third kappa shape index (κ3) is 1.57. The first-order valence-corrected chi connectivity index (χ1v) is 4.86. The molecule has 0 fully saturated rings. The molecule has 2 nitrogen and oxygen atoms in total. The van der Waals surface area contributed by atoms with Crippen molar-refractivity contribution in [3.05, 3.63) is 21.7 Å². The summed E-state index contributed by atoms with van der Waals surface area (Å²) in [5.74, 6) is -2.93. The molecule has 1 heterocycles. The van der Waals surface area contributed by atoms with Crippen molar-refractivity contribution in [2.75, 3.05) is 0 Å². The van der Waals surface area contributed by atoms with Crippen molar-refractivity contribution in [1.29, 1.82) is 0 Å². The Morgan fingerprint density at radius 3 is 2.64 bits per heavy atom. The summed E-state index contributed by atoms with van der Waals surface area (Å²) < 4.78 is 26.7. The Morgan fingerprint density at radius 1 is 1.21 bits per heavy atom. The number of rotatable bonds is 0. The molecule has 6 heteroatoms. The lowest BCUT2D eigenvalue weighted by molar-refractivity contribution is -0.0264. The molecule has 1 aliphatic rings. The van der Waals surface area contributed by atoms with Crippen molar-refractivity contribution in [2.45, 2.75) is 25.2 Å². The van der Waals surface area contributed by atoms with Crippen molar-refractivity contribution in [2.24, 2.45) is 0 Å². The van der Waals surface area contributed by atoms with Gasteiger partial charge in [0.25, 0.3) is 5.92 Å². The van der Waals surface area contributed by atoms with Gasteiger partial charge in [0.1, 0.15) is 10.8 Å². The van der Waals surface area contributed by atoms with Gasteiger partial charge in [-0.25, -0.2) is 9.97 Å². The Morgan fingerprint density at radius 2 is 1.93 bits per heavy atom. The molecule has 1 aromatic rings. The zero-order valence-electron chi connectivity index (χ0n) is 7.03. The molecule has 0 atom stereocenters. The lowest BCUT2D eigenvalue weighted by Crippen LogP contribution is -2.23.